The van der Waals surface area contributed by atoms with Crippen LogP contribution < -0.4 is 9.47 Å². The number of aliphatic imine (C=N–C) groups is 2. The van der Waals surface area contributed by atoms with Crippen LogP contribution in [0.5, 0.6) is 11.5 Å². The van der Waals surface area contributed by atoms with Crippen molar-refractivity contribution in [3.8, 4) is 22.6 Å². The monoisotopic (exact) mass is 512 g/mol. The van der Waals surface area contributed by atoms with Gasteiger partial charge < -0.3 is 9.47 Å². The smallest absolute Gasteiger partial charge is 0.336 e. The largest absolute Gasteiger partial charge is 0.424 e. The Morgan fingerprint density at radius 1 is 0.667 bits per heavy atom. The molecule has 0 amide bonds. The third kappa shape index (κ3) is 5.13. The summed E-state index contributed by atoms with van der Waals surface area (Å²) in [6.07, 6.45) is 0. The van der Waals surface area contributed by atoms with E-state index in [4.69, 9.17) is 9.47 Å². The van der Waals surface area contributed by atoms with Crippen LogP contribution in [0.3, 0.4) is 0 Å². The first-order chi connectivity index (χ1) is 17.4. The molecule has 0 N–H and O–H groups in total. The average molecular weight is 513 g/mol. The summed E-state index contributed by atoms with van der Waals surface area (Å²) in [5, 5.41) is 7.89. The SMILES string of the molecule is C[C@H](N=C=S)C(=O)Oc1ccc2ccccc2c1-c1c(OC(=O)[C@H](C)N=C=S)ccc2ccccc12. The number of carbonyl (C=O) groups excluding carboxylic acids is 2. The zero-order valence-electron chi connectivity index (χ0n) is 19.4. The van der Waals surface area contributed by atoms with Crippen molar-refractivity contribution in [2.75, 3.05) is 0 Å². The van der Waals surface area contributed by atoms with Gasteiger partial charge in [-0.15, -0.1) is 0 Å². The predicted octanol–water partition coefficient (Wildman–Crippen LogP) is 6.45. The lowest BCUT2D eigenvalue weighted by Gasteiger charge is -2.19. The van der Waals surface area contributed by atoms with E-state index < -0.39 is 24.0 Å². The molecular formula is C28H20N2O4S2. The second-order valence-corrected chi connectivity index (χ2v) is 8.32. The Morgan fingerprint density at radius 2 is 1.06 bits per heavy atom. The van der Waals surface area contributed by atoms with Gasteiger partial charge in [0.05, 0.1) is 10.3 Å². The third-order valence-electron chi connectivity index (χ3n) is 5.63. The minimum Gasteiger partial charge on any atom is -0.424 e. The van der Waals surface area contributed by atoms with Gasteiger partial charge in [-0.25, -0.2) is 19.6 Å². The highest BCUT2D eigenvalue weighted by atomic mass is 32.1. The number of rotatable bonds is 7. The number of esters is 2. The van der Waals surface area contributed by atoms with Gasteiger partial charge in [0.25, 0.3) is 0 Å². The Labute approximate surface area is 218 Å². The fraction of sp³-hybridized carbons (Fsp3) is 0.143. The number of hydrogen-bond donors (Lipinski definition) is 0. The van der Waals surface area contributed by atoms with Gasteiger partial charge in [-0.2, -0.15) is 0 Å². The number of fused-ring (bicyclic) bond motifs is 2. The van der Waals surface area contributed by atoms with Crippen LogP contribution in [0, 0.1) is 0 Å². The summed E-state index contributed by atoms with van der Waals surface area (Å²) < 4.78 is 11.6. The normalized spacial score (nSPS) is 12.2. The highest BCUT2D eigenvalue weighted by molar-refractivity contribution is 7.78. The molecule has 0 aromatic heterocycles. The first-order valence-electron chi connectivity index (χ1n) is 11.1. The average Bonchev–Trinajstić information content (AvgIpc) is 2.89. The van der Waals surface area contributed by atoms with Gasteiger partial charge in [0, 0.05) is 11.1 Å². The van der Waals surface area contributed by atoms with E-state index in [0.29, 0.717) is 22.6 Å². The van der Waals surface area contributed by atoms with Crippen molar-refractivity contribution in [1.29, 1.82) is 0 Å². The Balaban J connectivity index is 2.01. The molecule has 8 heteroatoms. The van der Waals surface area contributed by atoms with Gasteiger partial charge in [-0.1, -0.05) is 60.7 Å². The molecule has 178 valence electrons. The summed E-state index contributed by atoms with van der Waals surface area (Å²) in [4.78, 5) is 33.2. The molecule has 4 aromatic rings. The molecule has 0 bridgehead atoms. The van der Waals surface area contributed by atoms with Crippen molar-refractivity contribution >= 4 is 68.2 Å². The Morgan fingerprint density at radius 3 is 1.44 bits per heavy atom. The van der Waals surface area contributed by atoms with E-state index >= 15 is 0 Å². The van der Waals surface area contributed by atoms with Crippen LogP contribution in [-0.4, -0.2) is 34.3 Å². The second kappa shape index (κ2) is 11.1. The van der Waals surface area contributed by atoms with Crippen molar-refractivity contribution in [3.05, 3.63) is 72.8 Å². The highest BCUT2D eigenvalue weighted by Crippen LogP contribution is 2.45. The molecule has 0 unspecified atom stereocenters. The van der Waals surface area contributed by atoms with E-state index in [2.05, 4.69) is 44.7 Å². The third-order valence-corrected chi connectivity index (χ3v) is 5.84. The molecule has 0 aliphatic carbocycles. The van der Waals surface area contributed by atoms with E-state index in [-0.39, 0.29) is 0 Å². The van der Waals surface area contributed by atoms with Crippen molar-refractivity contribution in [2.24, 2.45) is 9.98 Å². The molecule has 0 heterocycles. The lowest BCUT2D eigenvalue weighted by atomic mass is 9.92. The van der Waals surface area contributed by atoms with Gasteiger partial charge in [0.15, 0.2) is 12.1 Å². The number of benzene rings is 4. The molecule has 0 fully saturated rings. The summed E-state index contributed by atoms with van der Waals surface area (Å²) in [6.45, 7) is 3.15. The van der Waals surface area contributed by atoms with Crippen molar-refractivity contribution in [3.63, 3.8) is 0 Å². The Hall–Kier alpha value is -4.06. The van der Waals surface area contributed by atoms with E-state index in [0.717, 1.165) is 21.5 Å². The molecule has 2 atom stereocenters. The van der Waals surface area contributed by atoms with Crippen molar-refractivity contribution < 1.29 is 19.1 Å². The number of nitrogens with zero attached hydrogens (tertiary/aromatic N) is 2. The quantitative estimate of drug-likeness (QED) is 0.123. The maximum absolute atomic E-state index is 12.8. The molecule has 36 heavy (non-hydrogen) atoms. The fourth-order valence-electron chi connectivity index (χ4n) is 3.84. The first-order valence-corrected chi connectivity index (χ1v) is 11.9. The van der Waals surface area contributed by atoms with Crippen LogP contribution in [0.1, 0.15) is 13.8 Å². The number of carbonyl (C=O) groups is 2. The minimum absolute atomic E-state index is 0.295. The maximum atomic E-state index is 12.8. The molecule has 0 aliphatic heterocycles. The van der Waals surface area contributed by atoms with Crippen LogP contribution in [0.2, 0.25) is 0 Å². The standard InChI is InChI=1S/C28H20N2O4S2/c1-17(29-15-35)27(31)33-23-13-11-19-7-3-5-9-21(19)25(23)26-22-10-6-4-8-20(22)12-14-24(26)34-28(32)18(2)30-16-36/h3-14,17-18H,1-2H3/t17-,18-/m0/s1. The molecule has 0 spiro atoms. The number of thiocarbonyl (C=S) groups is 2. The number of ether oxygens (including phenoxy) is 2. The second-order valence-electron chi connectivity index (χ2n) is 7.95. The summed E-state index contributed by atoms with van der Waals surface area (Å²) >= 11 is 9.27. The van der Waals surface area contributed by atoms with Gasteiger partial charge >= 0.3 is 11.9 Å². The van der Waals surface area contributed by atoms with Crippen LogP contribution in [-0.2, 0) is 9.59 Å². The highest BCUT2D eigenvalue weighted by Gasteiger charge is 2.24. The van der Waals surface area contributed by atoms with Crippen LogP contribution >= 0.6 is 24.4 Å². The molecule has 0 aliphatic rings. The van der Waals surface area contributed by atoms with Crippen LogP contribution in [0.4, 0.5) is 0 Å². The van der Waals surface area contributed by atoms with Gasteiger partial charge in [0.2, 0.25) is 0 Å². The first kappa shape index (κ1) is 25.0. The molecular weight excluding hydrogens is 492 g/mol. The van der Waals surface area contributed by atoms with Gasteiger partial charge in [0.1, 0.15) is 11.5 Å². The van der Waals surface area contributed by atoms with Crippen molar-refractivity contribution in [1.82, 2.24) is 0 Å². The van der Waals surface area contributed by atoms with Crippen LogP contribution in [0.25, 0.3) is 32.7 Å². The summed E-state index contributed by atoms with van der Waals surface area (Å²) in [5.41, 5.74) is 1.20. The molecule has 4 aromatic carbocycles. The van der Waals surface area contributed by atoms with Crippen LogP contribution in [0.15, 0.2) is 82.8 Å². The molecule has 6 nitrogen and oxygen atoms in total. The van der Waals surface area contributed by atoms with E-state index in [1.807, 2.05) is 60.7 Å². The number of hydrogen-bond acceptors (Lipinski definition) is 8. The molecule has 0 radical (unpaired) electrons. The lowest BCUT2D eigenvalue weighted by molar-refractivity contribution is -0.136. The van der Waals surface area contributed by atoms with Gasteiger partial charge in [-0.3, -0.25) is 0 Å². The summed E-state index contributed by atoms with van der Waals surface area (Å²) in [6, 6.07) is 20.9. The zero-order chi connectivity index (χ0) is 25.7. The molecule has 0 saturated heterocycles. The van der Waals surface area contributed by atoms with E-state index in [1.165, 1.54) is 0 Å². The summed E-state index contributed by atoms with van der Waals surface area (Å²) in [7, 11) is 0. The Bertz CT molecular complexity index is 1470. The minimum atomic E-state index is -0.833. The zero-order valence-corrected chi connectivity index (χ0v) is 21.1. The summed E-state index contributed by atoms with van der Waals surface area (Å²) in [5.74, 6) is -0.592. The topological polar surface area (TPSA) is 77.3 Å². The Kier molecular flexibility index (Phi) is 7.74. The fourth-order valence-corrected chi connectivity index (χ4v) is 4.16. The van der Waals surface area contributed by atoms with E-state index in [9.17, 15) is 9.59 Å². The molecule has 4 rings (SSSR count). The van der Waals surface area contributed by atoms with Gasteiger partial charge in [-0.05, 0) is 72.0 Å². The number of isothiocyanates is 2. The lowest BCUT2D eigenvalue weighted by Crippen LogP contribution is -2.22. The van der Waals surface area contributed by atoms with Crippen molar-refractivity contribution in [2.45, 2.75) is 25.9 Å². The molecule has 0 saturated carbocycles. The maximum Gasteiger partial charge on any atom is 0.336 e. The van der Waals surface area contributed by atoms with E-state index in [1.54, 1.807) is 26.0 Å². The predicted molar refractivity (Wildman–Crippen MR) is 147 cm³/mol.